The molecule has 0 aliphatic carbocycles. The fourth-order valence-electron chi connectivity index (χ4n) is 3.90. The molecule has 152 valence electrons. The zero-order valence-corrected chi connectivity index (χ0v) is 18.4. The van der Waals surface area contributed by atoms with Gasteiger partial charge in [-0.05, 0) is 55.4 Å². The molecule has 1 N–H and O–H groups in total. The molecule has 0 heterocycles. The standard InChI is InChI=1S/C26H31NOS/c1-4-27(5-2)20-26(3,28)25(21-12-8-6-9-13-21)22-16-18-24(19-17-22)29-23-14-10-7-11-15-23/h6-19,25,28H,4-5,20H2,1-3H3. The van der Waals surface area contributed by atoms with E-state index in [0.717, 1.165) is 24.2 Å². The number of nitrogens with zero attached hydrogens (tertiary/aromatic N) is 1. The summed E-state index contributed by atoms with van der Waals surface area (Å²) in [5.74, 6) is -0.0833. The highest BCUT2D eigenvalue weighted by molar-refractivity contribution is 7.99. The summed E-state index contributed by atoms with van der Waals surface area (Å²) in [4.78, 5) is 4.72. The summed E-state index contributed by atoms with van der Waals surface area (Å²) in [5.41, 5.74) is 1.42. The predicted molar refractivity (Wildman–Crippen MR) is 124 cm³/mol. The maximum absolute atomic E-state index is 11.6. The zero-order chi connectivity index (χ0) is 20.7. The number of benzene rings is 3. The second-order valence-corrected chi connectivity index (χ2v) is 8.79. The first-order valence-corrected chi connectivity index (χ1v) is 11.2. The van der Waals surface area contributed by atoms with Crippen LogP contribution in [0.25, 0.3) is 0 Å². The van der Waals surface area contributed by atoms with Gasteiger partial charge in [0.05, 0.1) is 5.60 Å². The quantitative estimate of drug-likeness (QED) is 0.468. The molecule has 3 heteroatoms. The third kappa shape index (κ3) is 5.72. The summed E-state index contributed by atoms with van der Waals surface area (Å²) in [6.45, 7) is 8.76. The molecule has 0 radical (unpaired) electrons. The molecule has 3 aromatic rings. The van der Waals surface area contributed by atoms with Crippen LogP contribution in [-0.2, 0) is 0 Å². The molecule has 0 bridgehead atoms. The summed E-state index contributed by atoms with van der Waals surface area (Å²) in [6, 6.07) is 29.4. The lowest BCUT2D eigenvalue weighted by atomic mass is 9.78. The Balaban J connectivity index is 1.90. The van der Waals surface area contributed by atoms with Crippen molar-refractivity contribution in [2.45, 2.75) is 42.1 Å². The van der Waals surface area contributed by atoms with Gasteiger partial charge in [-0.25, -0.2) is 0 Å². The number of hydrogen-bond donors (Lipinski definition) is 1. The van der Waals surface area contributed by atoms with Crippen LogP contribution in [0.4, 0.5) is 0 Å². The van der Waals surface area contributed by atoms with E-state index in [0.29, 0.717) is 6.54 Å². The second-order valence-electron chi connectivity index (χ2n) is 7.65. The molecule has 0 saturated carbocycles. The lowest BCUT2D eigenvalue weighted by Crippen LogP contribution is -2.45. The lowest BCUT2D eigenvalue weighted by molar-refractivity contribution is 0.00819. The fourth-order valence-corrected chi connectivity index (χ4v) is 4.74. The molecule has 2 atom stereocenters. The van der Waals surface area contributed by atoms with Gasteiger partial charge in [0.1, 0.15) is 0 Å². The van der Waals surface area contributed by atoms with Crippen LogP contribution in [0.1, 0.15) is 37.8 Å². The maximum Gasteiger partial charge on any atom is 0.0854 e. The van der Waals surface area contributed by atoms with Crippen molar-refractivity contribution in [1.29, 1.82) is 0 Å². The Morgan fingerprint density at radius 3 is 1.79 bits per heavy atom. The molecule has 0 fully saturated rings. The van der Waals surface area contributed by atoms with Crippen LogP contribution in [0.3, 0.4) is 0 Å². The van der Waals surface area contributed by atoms with E-state index in [-0.39, 0.29) is 5.92 Å². The summed E-state index contributed by atoms with van der Waals surface area (Å²) in [5, 5.41) is 11.6. The van der Waals surface area contributed by atoms with E-state index < -0.39 is 5.60 Å². The van der Waals surface area contributed by atoms with Crippen LogP contribution in [-0.4, -0.2) is 35.2 Å². The number of likely N-dealkylation sites (N-methyl/N-ethyl adjacent to an activating group) is 1. The smallest absolute Gasteiger partial charge is 0.0854 e. The molecule has 3 rings (SSSR count). The first-order chi connectivity index (χ1) is 14.0. The van der Waals surface area contributed by atoms with Crippen LogP contribution in [0.15, 0.2) is 94.7 Å². The van der Waals surface area contributed by atoms with Gasteiger partial charge in [0, 0.05) is 22.3 Å². The van der Waals surface area contributed by atoms with Crippen LogP contribution in [0.5, 0.6) is 0 Å². The van der Waals surface area contributed by atoms with Crippen LogP contribution in [0.2, 0.25) is 0 Å². The largest absolute Gasteiger partial charge is 0.388 e. The summed E-state index contributed by atoms with van der Waals surface area (Å²) < 4.78 is 0. The SMILES string of the molecule is CCN(CC)CC(C)(O)C(c1ccccc1)c1ccc(Sc2ccccc2)cc1. The van der Waals surface area contributed by atoms with Crippen molar-refractivity contribution in [3.05, 3.63) is 96.1 Å². The Kier molecular flexibility index (Phi) is 7.54. The Hall–Kier alpha value is -2.07. The van der Waals surface area contributed by atoms with Gasteiger partial charge < -0.3 is 10.0 Å². The summed E-state index contributed by atoms with van der Waals surface area (Å²) in [7, 11) is 0. The van der Waals surface area contributed by atoms with Crippen LogP contribution >= 0.6 is 11.8 Å². The molecule has 0 spiro atoms. The van der Waals surface area contributed by atoms with Crippen LogP contribution < -0.4 is 0 Å². The maximum atomic E-state index is 11.6. The topological polar surface area (TPSA) is 23.5 Å². The Bertz CT molecular complexity index is 858. The highest BCUT2D eigenvalue weighted by Gasteiger charge is 2.35. The van der Waals surface area contributed by atoms with Gasteiger partial charge in [-0.15, -0.1) is 0 Å². The Labute approximate surface area is 179 Å². The van der Waals surface area contributed by atoms with E-state index in [1.807, 2.05) is 19.1 Å². The number of rotatable bonds is 9. The summed E-state index contributed by atoms with van der Waals surface area (Å²) in [6.07, 6.45) is 0. The number of hydrogen-bond acceptors (Lipinski definition) is 3. The van der Waals surface area contributed by atoms with Crippen molar-refractivity contribution in [2.75, 3.05) is 19.6 Å². The van der Waals surface area contributed by atoms with Crippen molar-refractivity contribution in [3.63, 3.8) is 0 Å². The molecule has 0 amide bonds. The molecule has 2 unspecified atom stereocenters. The molecule has 2 nitrogen and oxygen atoms in total. The van der Waals surface area contributed by atoms with Gasteiger partial charge in [-0.1, -0.05) is 86.3 Å². The van der Waals surface area contributed by atoms with E-state index in [4.69, 9.17) is 0 Å². The molecular formula is C26H31NOS. The van der Waals surface area contributed by atoms with E-state index in [1.165, 1.54) is 9.79 Å². The first kappa shape index (κ1) is 21.6. The molecule has 0 aliphatic heterocycles. The van der Waals surface area contributed by atoms with E-state index in [9.17, 15) is 5.11 Å². The Morgan fingerprint density at radius 2 is 1.24 bits per heavy atom. The molecule has 0 aromatic heterocycles. The van der Waals surface area contributed by atoms with E-state index in [1.54, 1.807) is 11.8 Å². The van der Waals surface area contributed by atoms with Gasteiger partial charge >= 0.3 is 0 Å². The van der Waals surface area contributed by atoms with Gasteiger partial charge in [-0.3, -0.25) is 0 Å². The highest BCUT2D eigenvalue weighted by Crippen LogP contribution is 2.37. The van der Waals surface area contributed by atoms with Gasteiger partial charge in [0.25, 0.3) is 0 Å². The van der Waals surface area contributed by atoms with Crippen molar-refractivity contribution < 1.29 is 5.11 Å². The molecular weight excluding hydrogens is 374 g/mol. The molecule has 0 saturated heterocycles. The average molecular weight is 406 g/mol. The minimum Gasteiger partial charge on any atom is -0.388 e. The lowest BCUT2D eigenvalue weighted by Gasteiger charge is -2.37. The van der Waals surface area contributed by atoms with Crippen molar-refractivity contribution in [3.8, 4) is 0 Å². The third-order valence-electron chi connectivity index (χ3n) is 5.39. The predicted octanol–water partition coefficient (Wildman–Crippen LogP) is 6.06. The minimum absolute atomic E-state index is 0.0833. The van der Waals surface area contributed by atoms with E-state index in [2.05, 4.69) is 91.5 Å². The fraction of sp³-hybridized carbons (Fsp3) is 0.308. The molecule has 29 heavy (non-hydrogen) atoms. The first-order valence-electron chi connectivity index (χ1n) is 10.4. The van der Waals surface area contributed by atoms with Crippen molar-refractivity contribution >= 4 is 11.8 Å². The minimum atomic E-state index is -0.874. The third-order valence-corrected chi connectivity index (χ3v) is 6.40. The summed E-state index contributed by atoms with van der Waals surface area (Å²) >= 11 is 1.76. The molecule has 3 aromatic carbocycles. The zero-order valence-electron chi connectivity index (χ0n) is 17.6. The van der Waals surface area contributed by atoms with Crippen molar-refractivity contribution in [1.82, 2.24) is 4.90 Å². The second kappa shape index (κ2) is 10.1. The van der Waals surface area contributed by atoms with Crippen molar-refractivity contribution in [2.24, 2.45) is 0 Å². The van der Waals surface area contributed by atoms with Crippen LogP contribution in [0, 0.1) is 0 Å². The highest BCUT2D eigenvalue weighted by atomic mass is 32.2. The van der Waals surface area contributed by atoms with Gasteiger partial charge in [-0.2, -0.15) is 0 Å². The number of aliphatic hydroxyl groups is 1. The van der Waals surface area contributed by atoms with Gasteiger partial charge in [0.2, 0.25) is 0 Å². The monoisotopic (exact) mass is 405 g/mol. The average Bonchev–Trinajstić information content (AvgIpc) is 2.75. The Morgan fingerprint density at radius 1 is 0.759 bits per heavy atom. The molecule has 0 aliphatic rings. The normalized spacial score (nSPS) is 14.5. The van der Waals surface area contributed by atoms with Gasteiger partial charge in [0.15, 0.2) is 0 Å². The van der Waals surface area contributed by atoms with E-state index >= 15 is 0 Å².